The lowest BCUT2D eigenvalue weighted by atomic mass is 10.2. The SMILES string of the molecule is SCCCn1ncc2ccccc21. The topological polar surface area (TPSA) is 17.8 Å². The van der Waals surface area contributed by atoms with Crippen molar-refractivity contribution in [3.8, 4) is 0 Å². The normalized spacial score (nSPS) is 10.8. The van der Waals surface area contributed by atoms with E-state index in [0.717, 1.165) is 18.7 Å². The lowest BCUT2D eigenvalue weighted by Gasteiger charge is -2.00. The minimum Gasteiger partial charge on any atom is -0.265 e. The van der Waals surface area contributed by atoms with Gasteiger partial charge in [0.1, 0.15) is 0 Å². The van der Waals surface area contributed by atoms with Crippen LogP contribution < -0.4 is 0 Å². The van der Waals surface area contributed by atoms with Crippen LogP contribution in [0.5, 0.6) is 0 Å². The van der Waals surface area contributed by atoms with Gasteiger partial charge in [-0.15, -0.1) is 0 Å². The molecule has 0 fully saturated rings. The van der Waals surface area contributed by atoms with Crippen molar-refractivity contribution in [3.63, 3.8) is 0 Å². The third-order valence-electron chi connectivity index (χ3n) is 2.08. The third-order valence-corrected chi connectivity index (χ3v) is 2.40. The van der Waals surface area contributed by atoms with Gasteiger partial charge in [0.25, 0.3) is 0 Å². The van der Waals surface area contributed by atoms with Crippen LogP contribution in [0.25, 0.3) is 10.9 Å². The molecule has 13 heavy (non-hydrogen) atoms. The number of rotatable bonds is 3. The number of para-hydroxylation sites is 1. The first-order valence-corrected chi connectivity index (χ1v) is 5.06. The maximum atomic E-state index is 4.32. The van der Waals surface area contributed by atoms with Crippen molar-refractivity contribution in [2.75, 3.05) is 5.75 Å². The third kappa shape index (κ3) is 1.70. The highest BCUT2D eigenvalue weighted by atomic mass is 32.1. The average Bonchev–Trinajstić information content (AvgIpc) is 2.58. The van der Waals surface area contributed by atoms with Gasteiger partial charge in [-0.25, -0.2) is 0 Å². The highest BCUT2D eigenvalue weighted by molar-refractivity contribution is 7.80. The fourth-order valence-electron chi connectivity index (χ4n) is 1.42. The van der Waals surface area contributed by atoms with E-state index in [4.69, 9.17) is 0 Å². The summed E-state index contributed by atoms with van der Waals surface area (Å²) < 4.78 is 2.03. The lowest BCUT2D eigenvalue weighted by Crippen LogP contribution is -1.99. The molecule has 0 aliphatic rings. The number of hydrogen-bond acceptors (Lipinski definition) is 2. The number of aromatic nitrogens is 2. The van der Waals surface area contributed by atoms with Crippen molar-refractivity contribution < 1.29 is 0 Å². The molecule has 68 valence electrons. The van der Waals surface area contributed by atoms with Gasteiger partial charge in [-0.1, -0.05) is 18.2 Å². The van der Waals surface area contributed by atoms with Crippen molar-refractivity contribution in [2.24, 2.45) is 0 Å². The van der Waals surface area contributed by atoms with E-state index >= 15 is 0 Å². The summed E-state index contributed by atoms with van der Waals surface area (Å²) in [6, 6.07) is 8.26. The fourth-order valence-corrected chi connectivity index (χ4v) is 1.57. The number of hydrogen-bond donors (Lipinski definition) is 1. The Balaban J connectivity index is 2.35. The fraction of sp³-hybridized carbons (Fsp3) is 0.300. The Bertz CT molecular complexity index is 394. The molecule has 2 rings (SSSR count). The quantitative estimate of drug-likeness (QED) is 0.739. The molecule has 0 atom stereocenters. The monoisotopic (exact) mass is 192 g/mol. The molecule has 1 heterocycles. The number of benzene rings is 1. The van der Waals surface area contributed by atoms with Gasteiger partial charge < -0.3 is 0 Å². The van der Waals surface area contributed by atoms with Gasteiger partial charge in [0.05, 0.1) is 11.7 Å². The molecule has 0 N–H and O–H groups in total. The van der Waals surface area contributed by atoms with Crippen molar-refractivity contribution in [3.05, 3.63) is 30.5 Å². The summed E-state index contributed by atoms with van der Waals surface area (Å²) in [6.45, 7) is 0.955. The lowest BCUT2D eigenvalue weighted by molar-refractivity contribution is 0.627. The number of thiol groups is 1. The second-order valence-electron chi connectivity index (χ2n) is 3.00. The molecule has 2 nitrogen and oxygen atoms in total. The highest BCUT2D eigenvalue weighted by Crippen LogP contribution is 2.12. The van der Waals surface area contributed by atoms with Crippen LogP contribution in [-0.2, 0) is 6.54 Å². The predicted molar refractivity (Wildman–Crippen MR) is 58.2 cm³/mol. The molecule has 0 aliphatic heterocycles. The van der Waals surface area contributed by atoms with Gasteiger partial charge in [0, 0.05) is 11.9 Å². The summed E-state index contributed by atoms with van der Waals surface area (Å²) in [6.07, 6.45) is 2.97. The summed E-state index contributed by atoms with van der Waals surface area (Å²) in [4.78, 5) is 0. The van der Waals surface area contributed by atoms with Gasteiger partial charge in [-0.2, -0.15) is 17.7 Å². The van der Waals surface area contributed by atoms with Crippen LogP contribution in [0.2, 0.25) is 0 Å². The van der Waals surface area contributed by atoms with Crippen LogP contribution in [0.3, 0.4) is 0 Å². The van der Waals surface area contributed by atoms with E-state index in [1.165, 1.54) is 10.9 Å². The van der Waals surface area contributed by atoms with Gasteiger partial charge in [0.15, 0.2) is 0 Å². The van der Waals surface area contributed by atoms with Crippen molar-refractivity contribution in [2.45, 2.75) is 13.0 Å². The molecule has 2 aromatic rings. The molecule has 1 aromatic carbocycles. The summed E-state index contributed by atoms with van der Waals surface area (Å²) >= 11 is 4.18. The van der Waals surface area contributed by atoms with Gasteiger partial charge >= 0.3 is 0 Å². The zero-order valence-electron chi connectivity index (χ0n) is 7.35. The zero-order valence-corrected chi connectivity index (χ0v) is 8.24. The number of nitrogens with zero attached hydrogens (tertiary/aromatic N) is 2. The largest absolute Gasteiger partial charge is 0.265 e. The Labute approximate surface area is 83.0 Å². The summed E-state index contributed by atoms with van der Waals surface area (Å²) in [5.74, 6) is 0.911. The molecule has 0 unspecified atom stereocenters. The second-order valence-corrected chi connectivity index (χ2v) is 3.45. The number of aryl methyl sites for hydroxylation is 1. The Kier molecular flexibility index (Phi) is 2.54. The molecule has 0 spiro atoms. The first kappa shape index (κ1) is 8.63. The predicted octanol–water partition coefficient (Wildman–Crippen LogP) is 2.36. The maximum Gasteiger partial charge on any atom is 0.0682 e. The highest BCUT2D eigenvalue weighted by Gasteiger charge is 1.99. The van der Waals surface area contributed by atoms with Gasteiger partial charge in [-0.05, 0) is 18.2 Å². The Morgan fingerprint density at radius 3 is 3.00 bits per heavy atom. The maximum absolute atomic E-state index is 4.32. The van der Waals surface area contributed by atoms with Gasteiger partial charge in [0.2, 0.25) is 0 Å². The standard InChI is InChI=1S/C10H12N2S/c13-7-3-6-12-10-5-2-1-4-9(10)8-11-12/h1-2,4-5,8,13H,3,6-7H2. The zero-order chi connectivity index (χ0) is 9.10. The summed E-state index contributed by atoms with van der Waals surface area (Å²) in [5.41, 5.74) is 1.21. The van der Waals surface area contributed by atoms with E-state index in [2.05, 4.69) is 29.9 Å². The molecular formula is C10H12N2S. The van der Waals surface area contributed by atoms with Crippen molar-refractivity contribution in [1.29, 1.82) is 0 Å². The minimum atomic E-state index is 0.911. The molecule has 1 aromatic heterocycles. The molecule has 3 heteroatoms. The number of fused-ring (bicyclic) bond motifs is 1. The van der Waals surface area contributed by atoms with E-state index in [-0.39, 0.29) is 0 Å². The summed E-state index contributed by atoms with van der Waals surface area (Å²) in [5, 5.41) is 5.53. The van der Waals surface area contributed by atoms with E-state index in [9.17, 15) is 0 Å². The molecule has 0 bridgehead atoms. The van der Waals surface area contributed by atoms with Crippen LogP contribution >= 0.6 is 12.6 Å². The van der Waals surface area contributed by atoms with Crippen LogP contribution in [-0.4, -0.2) is 15.5 Å². The van der Waals surface area contributed by atoms with Crippen LogP contribution in [0.4, 0.5) is 0 Å². The molecular weight excluding hydrogens is 180 g/mol. The van der Waals surface area contributed by atoms with E-state index in [0.29, 0.717) is 0 Å². The van der Waals surface area contributed by atoms with E-state index < -0.39 is 0 Å². The minimum absolute atomic E-state index is 0.911. The van der Waals surface area contributed by atoms with Crippen LogP contribution in [0, 0.1) is 0 Å². The Hall–Kier alpha value is -0.960. The second kappa shape index (κ2) is 3.83. The van der Waals surface area contributed by atoms with Crippen LogP contribution in [0.1, 0.15) is 6.42 Å². The molecule has 0 saturated heterocycles. The molecule has 0 aliphatic carbocycles. The van der Waals surface area contributed by atoms with E-state index in [1.54, 1.807) is 0 Å². The first-order valence-electron chi connectivity index (χ1n) is 4.43. The molecule has 0 amide bonds. The first-order chi connectivity index (χ1) is 6.42. The van der Waals surface area contributed by atoms with Crippen molar-refractivity contribution in [1.82, 2.24) is 9.78 Å². The van der Waals surface area contributed by atoms with Gasteiger partial charge in [-0.3, -0.25) is 4.68 Å². The summed E-state index contributed by atoms with van der Waals surface area (Å²) in [7, 11) is 0. The Morgan fingerprint density at radius 1 is 1.31 bits per heavy atom. The average molecular weight is 192 g/mol. The van der Waals surface area contributed by atoms with Crippen LogP contribution in [0.15, 0.2) is 30.5 Å². The Morgan fingerprint density at radius 2 is 2.15 bits per heavy atom. The smallest absolute Gasteiger partial charge is 0.0682 e. The molecule has 0 radical (unpaired) electrons. The van der Waals surface area contributed by atoms with E-state index in [1.807, 2.05) is 23.0 Å². The molecule has 0 saturated carbocycles. The van der Waals surface area contributed by atoms with Crippen molar-refractivity contribution >= 4 is 23.5 Å².